The van der Waals surface area contributed by atoms with Gasteiger partial charge in [-0.15, -0.1) is 11.8 Å². The summed E-state index contributed by atoms with van der Waals surface area (Å²) in [7, 11) is 5.57. The fourth-order valence-corrected chi connectivity index (χ4v) is 1.94. The van der Waals surface area contributed by atoms with E-state index in [2.05, 4.69) is 44.0 Å². The van der Waals surface area contributed by atoms with E-state index < -0.39 is 0 Å². The Balaban J connectivity index is 2.24. The van der Waals surface area contributed by atoms with Gasteiger partial charge in [-0.3, -0.25) is 0 Å². The second-order valence-corrected chi connectivity index (χ2v) is 5.16. The molecule has 2 N–H and O–H groups in total. The topological polar surface area (TPSA) is 66.0 Å². The van der Waals surface area contributed by atoms with E-state index in [1.54, 1.807) is 18.8 Å². The van der Waals surface area contributed by atoms with Crippen molar-refractivity contribution in [1.29, 1.82) is 0 Å². The van der Waals surface area contributed by atoms with E-state index in [1.807, 2.05) is 31.1 Å². The summed E-state index contributed by atoms with van der Waals surface area (Å²) >= 11 is 1.71. The number of nitrogens with zero attached hydrogens (tertiary/aromatic N) is 4. The lowest BCUT2D eigenvalue weighted by Crippen LogP contribution is -2.15. The Kier molecular flexibility index (Phi) is 4.62. The molecule has 2 aromatic rings. The van der Waals surface area contributed by atoms with Crippen LogP contribution in [0.3, 0.4) is 0 Å². The SMILES string of the molecule is CNc1nc(Nc2ccc(SC)cc2)nc(N(C)C)n1. The Morgan fingerprint density at radius 2 is 1.65 bits per heavy atom. The van der Waals surface area contributed by atoms with E-state index in [1.165, 1.54) is 4.90 Å². The van der Waals surface area contributed by atoms with Crippen molar-refractivity contribution in [3.63, 3.8) is 0 Å². The van der Waals surface area contributed by atoms with Gasteiger partial charge in [0.2, 0.25) is 17.8 Å². The fraction of sp³-hybridized carbons (Fsp3) is 0.308. The number of benzene rings is 1. The number of hydrogen-bond donors (Lipinski definition) is 2. The third kappa shape index (κ3) is 3.51. The molecule has 0 aliphatic heterocycles. The molecule has 1 aromatic carbocycles. The summed E-state index contributed by atoms with van der Waals surface area (Å²) in [5.41, 5.74) is 0.945. The highest BCUT2D eigenvalue weighted by atomic mass is 32.2. The van der Waals surface area contributed by atoms with Gasteiger partial charge in [0.1, 0.15) is 0 Å². The Bertz CT molecular complexity index is 570. The van der Waals surface area contributed by atoms with Crippen molar-refractivity contribution in [3.8, 4) is 0 Å². The first-order chi connectivity index (χ1) is 9.62. The Hall–Kier alpha value is -2.02. The summed E-state index contributed by atoms with van der Waals surface area (Å²) in [4.78, 5) is 16.0. The minimum atomic E-state index is 0.518. The van der Waals surface area contributed by atoms with Gasteiger partial charge >= 0.3 is 0 Å². The van der Waals surface area contributed by atoms with Gasteiger partial charge in [0, 0.05) is 31.7 Å². The fourth-order valence-electron chi connectivity index (χ4n) is 1.54. The molecule has 0 aliphatic carbocycles. The molecule has 1 aromatic heterocycles. The molecule has 0 unspecified atom stereocenters. The van der Waals surface area contributed by atoms with Gasteiger partial charge in [-0.1, -0.05) is 0 Å². The van der Waals surface area contributed by atoms with Crippen LogP contribution in [-0.2, 0) is 0 Å². The van der Waals surface area contributed by atoms with Crippen LogP contribution in [0.2, 0.25) is 0 Å². The van der Waals surface area contributed by atoms with E-state index in [0.29, 0.717) is 17.8 Å². The minimum Gasteiger partial charge on any atom is -0.357 e. The lowest BCUT2D eigenvalue weighted by molar-refractivity contribution is 0.963. The summed E-state index contributed by atoms with van der Waals surface area (Å²) in [5, 5.41) is 6.12. The van der Waals surface area contributed by atoms with E-state index in [0.717, 1.165) is 5.69 Å². The first kappa shape index (κ1) is 14.4. The molecule has 106 valence electrons. The molecule has 0 fully saturated rings. The standard InChI is InChI=1S/C13H18N6S/c1-14-11-16-12(18-13(17-11)19(2)3)15-9-5-7-10(20-4)8-6-9/h5-8H,1-4H3,(H2,14,15,16,17,18). The molecule has 20 heavy (non-hydrogen) atoms. The monoisotopic (exact) mass is 290 g/mol. The number of rotatable bonds is 5. The summed E-state index contributed by atoms with van der Waals surface area (Å²) in [6.07, 6.45) is 2.05. The summed E-state index contributed by atoms with van der Waals surface area (Å²) in [6.45, 7) is 0. The zero-order valence-electron chi connectivity index (χ0n) is 12.0. The largest absolute Gasteiger partial charge is 0.357 e. The maximum atomic E-state index is 4.37. The lowest BCUT2D eigenvalue weighted by atomic mass is 10.3. The number of anilines is 4. The number of aromatic nitrogens is 3. The summed E-state index contributed by atoms with van der Waals surface area (Å²) in [5.74, 6) is 1.66. The highest BCUT2D eigenvalue weighted by molar-refractivity contribution is 7.98. The van der Waals surface area contributed by atoms with E-state index in [-0.39, 0.29) is 0 Å². The van der Waals surface area contributed by atoms with Crippen LogP contribution in [0.1, 0.15) is 0 Å². The number of thioether (sulfide) groups is 1. The maximum absolute atomic E-state index is 4.37. The highest BCUT2D eigenvalue weighted by Gasteiger charge is 2.07. The van der Waals surface area contributed by atoms with Crippen LogP contribution in [0.25, 0.3) is 0 Å². The second kappa shape index (κ2) is 6.42. The predicted octanol–water partition coefficient (Wildman–Crippen LogP) is 2.44. The summed E-state index contributed by atoms with van der Waals surface area (Å²) in [6, 6.07) is 8.12. The van der Waals surface area contributed by atoms with Gasteiger partial charge in [0.25, 0.3) is 0 Å². The van der Waals surface area contributed by atoms with Crippen LogP contribution < -0.4 is 15.5 Å². The van der Waals surface area contributed by atoms with Crippen molar-refractivity contribution in [1.82, 2.24) is 15.0 Å². The van der Waals surface area contributed by atoms with Gasteiger partial charge in [0.15, 0.2) is 0 Å². The average molecular weight is 290 g/mol. The molecule has 0 aliphatic rings. The van der Waals surface area contributed by atoms with Gasteiger partial charge in [-0.25, -0.2) is 0 Å². The first-order valence-electron chi connectivity index (χ1n) is 6.14. The molecular weight excluding hydrogens is 272 g/mol. The molecule has 2 rings (SSSR count). The van der Waals surface area contributed by atoms with E-state index in [4.69, 9.17) is 0 Å². The molecule has 0 radical (unpaired) electrons. The zero-order chi connectivity index (χ0) is 14.5. The Morgan fingerprint density at radius 3 is 2.20 bits per heavy atom. The van der Waals surface area contributed by atoms with Gasteiger partial charge in [-0.2, -0.15) is 15.0 Å². The Morgan fingerprint density at radius 1 is 1.00 bits per heavy atom. The van der Waals surface area contributed by atoms with Crippen LogP contribution >= 0.6 is 11.8 Å². The van der Waals surface area contributed by atoms with Crippen molar-refractivity contribution >= 4 is 35.3 Å². The number of nitrogens with one attached hydrogen (secondary N) is 2. The van der Waals surface area contributed by atoms with Crippen molar-refractivity contribution < 1.29 is 0 Å². The molecule has 0 saturated heterocycles. The zero-order valence-corrected chi connectivity index (χ0v) is 12.8. The quantitative estimate of drug-likeness (QED) is 0.820. The second-order valence-electron chi connectivity index (χ2n) is 4.28. The van der Waals surface area contributed by atoms with Crippen LogP contribution in [0.5, 0.6) is 0 Å². The molecule has 0 saturated carbocycles. The highest BCUT2D eigenvalue weighted by Crippen LogP contribution is 2.20. The van der Waals surface area contributed by atoms with E-state index >= 15 is 0 Å². The molecule has 1 heterocycles. The molecular formula is C13H18N6S. The van der Waals surface area contributed by atoms with Crippen molar-refractivity contribution in [2.75, 3.05) is 42.9 Å². The molecule has 0 amide bonds. The first-order valence-corrected chi connectivity index (χ1v) is 7.37. The van der Waals surface area contributed by atoms with E-state index in [9.17, 15) is 0 Å². The minimum absolute atomic E-state index is 0.518. The van der Waals surface area contributed by atoms with Crippen molar-refractivity contribution in [2.24, 2.45) is 0 Å². The van der Waals surface area contributed by atoms with Crippen LogP contribution in [0, 0.1) is 0 Å². The molecule has 0 bridgehead atoms. The maximum Gasteiger partial charge on any atom is 0.233 e. The normalized spacial score (nSPS) is 10.2. The average Bonchev–Trinajstić information content (AvgIpc) is 2.47. The van der Waals surface area contributed by atoms with Crippen molar-refractivity contribution in [3.05, 3.63) is 24.3 Å². The van der Waals surface area contributed by atoms with Gasteiger partial charge < -0.3 is 15.5 Å². The van der Waals surface area contributed by atoms with Crippen LogP contribution in [-0.4, -0.2) is 42.4 Å². The third-order valence-electron chi connectivity index (χ3n) is 2.59. The Labute approximate surface area is 123 Å². The predicted molar refractivity (Wildman–Crippen MR) is 85.2 cm³/mol. The van der Waals surface area contributed by atoms with Gasteiger partial charge in [-0.05, 0) is 30.5 Å². The van der Waals surface area contributed by atoms with Crippen molar-refractivity contribution in [2.45, 2.75) is 4.90 Å². The smallest absolute Gasteiger partial charge is 0.233 e. The summed E-state index contributed by atoms with van der Waals surface area (Å²) < 4.78 is 0. The molecule has 0 spiro atoms. The third-order valence-corrected chi connectivity index (χ3v) is 3.34. The van der Waals surface area contributed by atoms with Crippen LogP contribution in [0.15, 0.2) is 29.2 Å². The molecule has 0 atom stereocenters. The molecule has 7 heteroatoms. The number of hydrogen-bond acceptors (Lipinski definition) is 7. The van der Waals surface area contributed by atoms with Crippen LogP contribution in [0.4, 0.5) is 23.5 Å². The lowest BCUT2D eigenvalue weighted by Gasteiger charge is -2.13. The van der Waals surface area contributed by atoms with Gasteiger partial charge in [0.05, 0.1) is 0 Å². The molecule has 6 nitrogen and oxygen atoms in total.